The van der Waals surface area contributed by atoms with E-state index in [9.17, 15) is 10.0 Å². The van der Waals surface area contributed by atoms with E-state index in [4.69, 9.17) is 0 Å². The van der Waals surface area contributed by atoms with Crippen LogP contribution in [0.3, 0.4) is 0 Å². The summed E-state index contributed by atoms with van der Waals surface area (Å²) in [5.74, 6) is 0.0171. The molecule has 3 unspecified atom stereocenters. The van der Waals surface area contributed by atoms with Crippen LogP contribution in [0.2, 0.25) is 0 Å². The number of nitrogens with one attached hydrogen (secondary N) is 1. The minimum atomic E-state index is -0.931. The summed E-state index contributed by atoms with van der Waals surface area (Å²) in [5.41, 5.74) is 3.14. The number of carbonyl (C=O) groups excluding carboxylic acids is 1. The molecule has 0 spiro atoms. The Kier molecular flexibility index (Phi) is 4.49. The fourth-order valence-electron chi connectivity index (χ4n) is 3.38. The topological polar surface area (TPSA) is 81.7 Å². The number of hydrogen-bond acceptors (Lipinski definition) is 5. The highest BCUT2D eigenvalue weighted by molar-refractivity contribution is 7.09. The van der Waals surface area contributed by atoms with E-state index in [1.165, 1.54) is 17.4 Å². The van der Waals surface area contributed by atoms with E-state index < -0.39 is 10.7 Å². The Morgan fingerprint density at radius 3 is 2.96 bits per heavy atom. The molecule has 0 fully saturated rings. The SMILES string of the molecule is C=CC[N+]1([O-])C(=O)CC(=C)C(c2ncc[nH]2)c2ncsc2C1CC. The number of thiazole rings is 1. The summed E-state index contributed by atoms with van der Waals surface area (Å²) in [6.45, 7) is 9.70. The van der Waals surface area contributed by atoms with Gasteiger partial charge in [0.1, 0.15) is 18.4 Å². The number of quaternary nitrogens is 1. The maximum Gasteiger partial charge on any atom is 0.318 e. The first-order chi connectivity index (χ1) is 11.5. The molecule has 0 aliphatic carbocycles. The molecule has 24 heavy (non-hydrogen) atoms. The van der Waals surface area contributed by atoms with Crippen molar-refractivity contribution in [1.29, 1.82) is 0 Å². The lowest BCUT2D eigenvalue weighted by Gasteiger charge is -2.46. The van der Waals surface area contributed by atoms with Crippen LogP contribution in [0.25, 0.3) is 0 Å². The zero-order valence-electron chi connectivity index (χ0n) is 13.6. The highest BCUT2D eigenvalue weighted by atomic mass is 32.1. The van der Waals surface area contributed by atoms with Crippen molar-refractivity contribution in [3.05, 3.63) is 64.3 Å². The van der Waals surface area contributed by atoms with Gasteiger partial charge >= 0.3 is 5.91 Å². The number of fused-ring (bicyclic) bond motifs is 1. The monoisotopic (exact) mass is 344 g/mol. The van der Waals surface area contributed by atoms with Gasteiger partial charge in [0.2, 0.25) is 0 Å². The summed E-state index contributed by atoms with van der Waals surface area (Å²) in [5, 5.41) is 13.4. The van der Waals surface area contributed by atoms with Crippen LogP contribution in [0.1, 0.15) is 48.1 Å². The fraction of sp³-hybridized carbons (Fsp3) is 0.353. The van der Waals surface area contributed by atoms with Gasteiger partial charge in [-0.2, -0.15) is 0 Å². The van der Waals surface area contributed by atoms with Crippen LogP contribution in [-0.2, 0) is 4.79 Å². The zero-order chi connectivity index (χ0) is 17.3. The number of nitrogens with zero attached hydrogens (tertiary/aromatic N) is 3. The molecule has 6 nitrogen and oxygen atoms in total. The van der Waals surface area contributed by atoms with E-state index in [1.807, 2.05) is 6.92 Å². The number of carbonyl (C=O) groups is 1. The lowest BCUT2D eigenvalue weighted by atomic mass is 9.88. The zero-order valence-corrected chi connectivity index (χ0v) is 14.4. The predicted molar refractivity (Wildman–Crippen MR) is 93.0 cm³/mol. The molecule has 3 rings (SSSR count). The molecule has 0 aromatic carbocycles. The highest BCUT2D eigenvalue weighted by Crippen LogP contribution is 2.44. The lowest BCUT2D eigenvalue weighted by molar-refractivity contribution is -0.831. The summed E-state index contributed by atoms with van der Waals surface area (Å²) in [6, 6.07) is -0.483. The number of imidazole rings is 1. The van der Waals surface area contributed by atoms with Crippen LogP contribution in [0.4, 0.5) is 0 Å². The van der Waals surface area contributed by atoms with E-state index >= 15 is 0 Å². The fourth-order valence-corrected chi connectivity index (χ4v) is 4.44. The summed E-state index contributed by atoms with van der Waals surface area (Å²) in [4.78, 5) is 25.6. The molecule has 1 amide bonds. The van der Waals surface area contributed by atoms with E-state index in [0.29, 0.717) is 17.8 Å². The Hall–Kier alpha value is -2.09. The third kappa shape index (κ3) is 2.54. The third-order valence-electron chi connectivity index (χ3n) is 4.49. The number of hydroxylamine groups is 3. The van der Waals surface area contributed by atoms with Gasteiger partial charge in [-0.25, -0.2) is 14.8 Å². The molecule has 0 saturated carbocycles. The molecule has 7 heteroatoms. The molecule has 3 atom stereocenters. The molecular formula is C17H20N4O2S. The Morgan fingerprint density at radius 1 is 1.54 bits per heavy atom. The van der Waals surface area contributed by atoms with Gasteiger partial charge in [-0.15, -0.1) is 11.3 Å². The maximum absolute atomic E-state index is 13.4. The smallest absolute Gasteiger partial charge is 0.318 e. The Morgan fingerprint density at radius 2 is 2.33 bits per heavy atom. The number of H-pyrrole nitrogens is 1. The molecule has 0 radical (unpaired) electrons. The summed E-state index contributed by atoms with van der Waals surface area (Å²) in [7, 11) is 0. The highest BCUT2D eigenvalue weighted by Gasteiger charge is 2.43. The van der Waals surface area contributed by atoms with Crippen molar-refractivity contribution in [1.82, 2.24) is 15.0 Å². The van der Waals surface area contributed by atoms with Crippen LogP contribution >= 0.6 is 11.3 Å². The van der Waals surface area contributed by atoms with Gasteiger partial charge in [0, 0.05) is 18.8 Å². The molecule has 1 aliphatic rings. The number of amides is 1. The number of aromatic nitrogens is 3. The first kappa shape index (κ1) is 16.8. The quantitative estimate of drug-likeness (QED) is 0.523. The van der Waals surface area contributed by atoms with E-state index in [-0.39, 0.29) is 24.8 Å². The second kappa shape index (κ2) is 6.43. The summed E-state index contributed by atoms with van der Waals surface area (Å²) >= 11 is 1.42. The van der Waals surface area contributed by atoms with Gasteiger partial charge < -0.3 is 10.2 Å². The Labute approximate surface area is 144 Å². The van der Waals surface area contributed by atoms with Gasteiger partial charge in [0.05, 0.1) is 28.4 Å². The second-order valence-corrected chi connectivity index (χ2v) is 6.82. The lowest BCUT2D eigenvalue weighted by Crippen LogP contribution is -2.51. The van der Waals surface area contributed by atoms with Gasteiger partial charge in [-0.05, 0) is 11.6 Å². The normalized spacial score (nSPS) is 27.4. The van der Waals surface area contributed by atoms with Crippen LogP contribution in [-0.4, -0.2) is 32.1 Å². The molecule has 1 aliphatic heterocycles. The average molecular weight is 344 g/mol. The van der Waals surface area contributed by atoms with Crippen LogP contribution in [0, 0.1) is 5.21 Å². The number of rotatable bonds is 4. The van der Waals surface area contributed by atoms with Gasteiger partial charge in [0.15, 0.2) is 0 Å². The minimum Gasteiger partial charge on any atom is -0.625 e. The van der Waals surface area contributed by atoms with Gasteiger partial charge in [-0.1, -0.05) is 20.1 Å². The standard InChI is InChI=1S/C17H20N4O2S/c1-4-8-21(23)12(5-2)16-15(20-10-24-16)14(11(3)9-13(21)22)17-18-6-7-19-17/h4,6-7,10,12,14H,1,3,5,8-9H2,2H3,(H,18,19). The molecular weight excluding hydrogens is 324 g/mol. The average Bonchev–Trinajstić information content (AvgIpc) is 3.21. The van der Waals surface area contributed by atoms with E-state index in [1.54, 1.807) is 17.9 Å². The van der Waals surface area contributed by atoms with Crippen molar-refractivity contribution in [2.75, 3.05) is 6.54 Å². The number of aromatic amines is 1. The molecule has 2 aromatic rings. The maximum atomic E-state index is 13.4. The van der Waals surface area contributed by atoms with Crippen molar-refractivity contribution < 1.29 is 9.44 Å². The molecule has 2 aromatic heterocycles. The van der Waals surface area contributed by atoms with Crippen molar-refractivity contribution in [2.24, 2.45) is 0 Å². The number of hydrogen-bond donors (Lipinski definition) is 1. The summed E-state index contributed by atoms with van der Waals surface area (Å²) in [6.07, 6.45) is 5.48. The first-order valence-corrected chi connectivity index (χ1v) is 8.74. The van der Waals surface area contributed by atoms with Crippen molar-refractivity contribution in [3.63, 3.8) is 0 Å². The van der Waals surface area contributed by atoms with Crippen LogP contribution in [0.15, 0.2) is 42.7 Å². The van der Waals surface area contributed by atoms with Crippen molar-refractivity contribution >= 4 is 17.2 Å². The second-order valence-electron chi connectivity index (χ2n) is 5.93. The third-order valence-corrected chi connectivity index (χ3v) is 5.44. The molecule has 126 valence electrons. The first-order valence-electron chi connectivity index (χ1n) is 7.86. The largest absolute Gasteiger partial charge is 0.625 e. The van der Waals surface area contributed by atoms with Gasteiger partial charge in [-0.3, -0.25) is 4.65 Å². The van der Waals surface area contributed by atoms with E-state index in [0.717, 1.165) is 10.6 Å². The minimum absolute atomic E-state index is 0.0101. The predicted octanol–water partition coefficient (Wildman–Crippen LogP) is 3.44. The van der Waals surface area contributed by atoms with Crippen LogP contribution < -0.4 is 0 Å². The Bertz CT molecular complexity index is 767. The molecule has 3 heterocycles. The van der Waals surface area contributed by atoms with Crippen molar-refractivity contribution in [3.8, 4) is 0 Å². The molecule has 0 saturated heterocycles. The molecule has 0 bridgehead atoms. The van der Waals surface area contributed by atoms with Crippen molar-refractivity contribution in [2.45, 2.75) is 31.7 Å². The van der Waals surface area contributed by atoms with Gasteiger partial charge in [0.25, 0.3) is 0 Å². The summed E-state index contributed by atoms with van der Waals surface area (Å²) < 4.78 is -0.931. The molecule has 1 N–H and O–H groups in total. The van der Waals surface area contributed by atoms with Crippen LogP contribution in [0.5, 0.6) is 0 Å². The Balaban J connectivity index is 2.20. The van der Waals surface area contributed by atoms with E-state index in [2.05, 4.69) is 28.1 Å².